The Labute approximate surface area is 115 Å². The standard InChI is InChI=1S/C16H23NO2/c1-12-4-7-15(8-5-12)19-10-9-16(18)17-14-6-3-13(2)11-14/h4-5,7-8,13-14H,3,6,9-11H2,1-2H3,(H,17,18). The highest BCUT2D eigenvalue weighted by molar-refractivity contribution is 5.76. The average Bonchev–Trinajstić information content (AvgIpc) is 2.77. The van der Waals surface area contributed by atoms with E-state index in [2.05, 4.69) is 12.2 Å². The highest BCUT2D eigenvalue weighted by Gasteiger charge is 2.22. The highest BCUT2D eigenvalue weighted by Crippen LogP contribution is 2.24. The van der Waals surface area contributed by atoms with Gasteiger partial charge >= 0.3 is 0 Å². The molecule has 3 nitrogen and oxygen atoms in total. The first kappa shape index (κ1) is 13.9. The van der Waals surface area contributed by atoms with Crippen LogP contribution in [-0.4, -0.2) is 18.6 Å². The van der Waals surface area contributed by atoms with Crippen molar-refractivity contribution >= 4 is 5.91 Å². The van der Waals surface area contributed by atoms with Crippen LogP contribution < -0.4 is 10.1 Å². The summed E-state index contributed by atoms with van der Waals surface area (Å²) in [5.41, 5.74) is 1.21. The molecule has 1 aliphatic rings. The van der Waals surface area contributed by atoms with E-state index in [0.717, 1.165) is 24.5 Å². The molecule has 2 atom stereocenters. The zero-order valence-electron chi connectivity index (χ0n) is 11.8. The number of aryl methyl sites for hydroxylation is 1. The van der Waals surface area contributed by atoms with Gasteiger partial charge in [0.2, 0.25) is 5.91 Å². The van der Waals surface area contributed by atoms with E-state index in [4.69, 9.17) is 4.74 Å². The first-order valence-electron chi connectivity index (χ1n) is 7.12. The van der Waals surface area contributed by atoms with Crippen LogP contribution >= 0.6 is 0 Å². The fourth-order valence-electron chi connectivity index (χ4n) is 2.53. The highest BCUT2D eigenvalue weighted by atomic mass is 16.5. The lowest BCUT2D eigenvalue weighted by Gasteiger charge is -2.12. The van der Waals surface area contributed by atoms with Crippen molar-refractivity contribution < 1.29 is 9.53 Å². The molecule has 0 spiro atoms. The fourth-order valence-corrected chi connectivity index (χ4v) is 2.53. The maximum atomic E-state index is 11.8. The molecule has 1 saturated carbocycles. The molecule has 1 aromatic rings. The van der Waals surface area contributed by atoms with Crippen molar-refractivity contribution in [3.05, 3.63) is 29.8 Å². The molecule has 1 aromatic carbocycles. The number of carbonyl (C=O) groups excluding carboxylic acids is 1. The summed E-state index contributed by atoms with van der Waals surface area (Å²) in [7, 11) is 0. The number of hydrogen-bond donors (Lipinski definition) is 1. The van der Waals surface area contributed by atoms with Crippen molar-refractivity contribution in [2.24, 2.45) is 5.92 Å². The van der Waals surface area contributed by atoms with Crippen LogP contribution in [-0.2, 0) is 4.79 Å². The van der Waals surface area contributed by atoms with Gasteiger partial charge < -0.3 is 10.1 Å². The second-order valence-corrected chi connectivity index (χ2v) is 5.59. The van der Waals surface area contributed by atoms with E-state index in [0.29, 0.717) is 19.1 Å². The maximum Gasteiger partial charge on any atom is 0.223 e. The molecule has 19 heavy (non-hydrogen) atoms. The summed E-state index contributed by atoms with van der Waals surface area (Å²) in [5.74, 6) is 1.67. The number of benzene rings is 1. The van der Waals surface area contributed by atoms with E-state index in [1.807, 2.05) is 31.2 Å². The van der Waals surface area contributed by atoms with E-state index >= 15 is 0 Å². The minimum Gasteiger partial charge on any atom is -0.493 e. The van der Waals surface area contributed by atoms with Crippen LogP contribution in [0.3, 0.4) is 0 Å². The average molecular weight is 261 g/mol. The third-order valence-corrected chi connectivity index (χ3v) is 3.68. The predicted octanol–water partition coefficient (Wildman–Crippen LogP) is 3.07. The van der Waals surface area contributed by atoms with Gasteiger partial charge in [-0.25, -0.2) is 0 Å². The minimum atomic E-state index is 0.103. The molecule has 0 aromatic heterocycles. The Kier molecular flexibility index (Phi) is 4.83. The van der Waals surface area contributed by atoms with Crippen LogP contribution in [0.4, 0.5) is 0 Å². The van der Waals surface area contributed by atoms with Gasteiger partial charge in [-0.3, -0.25) is 4.79 Å². The molecule has 1 N–H and O–H groups in total. The molecule has 104 valence electrons. The summed E-state index contributed by atoms with van der Waals surface area (Å²) in [5, 5.41) is 3.09. The molecule has 2 unspecified atom stereocenters. The van der Waals surface area contributed by atoms with Crippen LogP contribution in [0.2, 0.25) is 0 Å². The number of ether oxygens (including phenoxy) is 1. The van der Waals surface area contributed by atoms with Gasteiger partial charge in [0, 0.05) is 6.04 Å². The van der Waals surface area contributed by atoms with E-state index in [1.165, 1.54) is 12.0 Å². The van der Waals surface area contributed by atoms with E-state index in [1.54, 1.807) is 0 Å². The lowest BCUT2D eigenvalue weighted by Crippen LogP contribution is -2.33. The zero-order valence-corrected chi connectivity index (χ0v) is 11.8. The molecule has 2 rings (SSSR count). The minimum absolute atomic E-state index is 0.103. The third-order valence-electron chi connectivity index (χ3n) is 3.68. The molecule has 3 heteroatoms. The van der Waals surface area contributed by atoms with Crippen molar-refractivity contribution in [2.45, 2.75) is 45.6 Å². The van der Waals surface area contributed by atoms with Gasteiger partial charge in [-0.15, -0.1) is 0 Å². The molecule has 0 bridgehead atoms. The van der Waals surface area contributed by atoms with Gasteiger partial charge in [0.05, 0.1) is 13.0 Å². The van der Waals surface area contributed by atoms with Crippen molar-refractivity contribution in [3.63, 3.8) is 0 Å². The van der Waals surface area contributed by atoms with Gasteiger partial charge in [-0.1, -0.05) is 24.6 Å². The Balaban J connectivity index is 1.65. The van der Waals surface area contributed by atoms with Crippen molar-refractivity contribution in [1.29, 1.82) is 0 Å². The zero-order chi connectivity index (χ0) is 13.7. The monoisotopic (exact) mass is 261 g/mol. The SMILES string of the molecule is Cc1ccc(OCCC(=O)NC2CCC(C)C2)cc1. The van der Waals surface area contributed by atoms with Crippen LogP contribution in [0.1, 0.15) is 38.2 Å². The molecular weight excluding hydrogens is 238 g/mol. The Morgan fingerprint density at radius 2 is 2.05 bits per heavy atom. The van der Waals surface area contributed by atoms with Gasteiger partial charge in [-0.2, -0.15) is 0 Å². The van der Waals surface area contributed by atoms with E-state index in [-0.39, 0.29) is 5.91 Å². The summed E-state index contributed by atoms with van der Waals surface area (Å²) >= 11 is 0. The number of hydrogen-bond acceptors (Lipinski definition) is 2. The van der Waals surface area contributed by atoms with Crippen molar-refractivity contribution in [2.75, 3.05) is 6.61 Å². The second-order valence-electron chi connectivity index (χ2n) is 5.59. The smallest absolute Gasteiger partial charge is 0.223 e. The lowest BCUT2D eigenvalue weighted by molar-refractivity contribution is -0.122. The summed E-state index contributed by atoms with van der Waals surface area (Å²) in [6.45, 7) is 4.73. The number of carbonyl (C=O) groups is 1. The number of nitrogens with one attached hydrogen (secondary N) is 1. The molecule has 0 radical (unpaired) electrons. The largest absolute Gasteiger partial charge is 0.493 e. The Morgan fingerprint density at radius 1 is 1.32 bits per heavy atom. The quantitative estimate of drug-likeness (QED) is 0.884. The normalized spacial score (nSPS) is 22.2. The van der Waals surface area contributed by atoms with Gasteiger partial charge in [-0.05, 0) is 44.2 Å². The van der Waals surface area contributed by atoms with Crippen molar-refractivity contribution in [1.82, 2.24) is 5.32 Å². The van der Waals surface area contributed by atoms with E-state index < -0.39 is 0 Å². The summed E-state index contributed by atoms with van der Waals surface area (Å²) in [4.78, 5) is 11.8. The van der Waals surface area contributed by atoms with Gasteiger partial charge in [0.1, 0.15) is 5.75 Å². The van der Waals surface area contributed by atoms with Crippen LogP contribution in [0, 0.1) is 12.8 Å². The molecule has 1 fully saturated rings. The van der Waals surface area contributed by atoms with Crippen LogP contribution in [0.5, 0.6) is 5.75 Å². The van der Waals surface area contributed by atoms with Crippen molar-refractivity contribution in [3.8, 4) is 5.75 Å². The summed E-state index contributed by atoms with van der Waals surface area (Å²) < 4.78 is 5.56. The summed E-state index contributed by atoms with van der Waals surface area (Å²) in [6, 6.07) is 8.27. The number of rotatable bonds is 5. The Morgan fingerprint density at radius 3 is 2.68 bits per heavy atom. The molecule has 1 aliphatic carbocycles. The topological polar surface area (TPSA) is 38.3 Å². The van der Waals surface area contributed by atoms with Gasteiger partial charge in [0.15, 0.2) is 0 Å². The molecule has 0 saturated heterocycles. The van der Waals surface area contributed by atoms with Gasteiger partial charge in [0.25, 0.3) is 0 Å². The molecular formula is C16H23NO2. The predicted molar refractivity (Wildman–Crippen MR) is 76.2 cm³/mol. The second kappa shape index (κ2) is 6.60. The molecule has 0 heterocycles. The Bertz CT molecular complexity index is 413. The first-order chi connectivity index (χ1) is 9.13. The van der Waals surface area contributed by atoms with E-state index in [9.17, 15) is 4.79 Å². The molecule has 0 aliphatic heterocycles. The van der Waals surface area contributed by atoms with Crippen LogP contribution in [0.15, 0.2) is 24.3 Å². The Hall–Kier alpha value is -1.51. The lowest BCUT2D eigenvalue weighted by atomic mass is 10.1. The maximum absolute atomic E-state index is 11.8. The molecule has 1 amide bonds. The number of amides is 1. The van der Waals surface area contributed by atoms with Crippen LogP contribution in [0.25, 0.3) is 0 Å². The summed E-state index contributed by atoms with van der Waals surface area (Å²) in [6.07, 6.45) is 3.89. The third kappa shape index (κ3) is 4.58. The fraction of sp³-hybridized carbons (Fsp3) is 0.562. The first-order valence-corrected chi connectivity index (χ1v) is 7.12.